The van der Waals surface area contributed by atoms with Crippen molar-refractivity contribution in [3.8, 4) is 5.75 Å². The second-order valence-corrected chi connectivity index (χ2v) is 6.52. The zero-order chi connectivity index (χ0) is 16.4. The summed E-state index contributed by atoms with van der Waals surface area (Å²) in [6, 6.07) is 6.13. The van der Waals surface area contributed by atoms with E-state index in [2.05, 4.69) is 5.32 Å². The summed E-state index contributed by atoms with van der Waals surface area (Å²) in [5.41, 5.74) is 1.28. The van der Waals surface area contributed by atoms with Crippen molar-refractivity contribution >= 4 is 17.2 Å². The molecule has 23 heavy (non-hydrogen) atoms. The Morgan fingerprint density at radius 2 is 2.22 bits per heavy atom. The topological polar surface area (TPSA) is 58.6 Å². The number of aliphatic hydroxyl groups excluding tert-OH is 1. The molecule has 0 bridgehead atoms. The predicted molar refractivity (Wildman–Crippen MR) is 86.2 cm³/mol. The van der Waals surface area contributed by atoms with Gasteiger partial charge in [0.1, 0.15) is 0 Å². The van der Waals surface area contributed by atoms with Crippen LogP contribution < -0.4 is 10.1 Å². The van der Waals surface area contributed by atoms with Gasteiger partial charge in [0.05, 0.1) is 24.8 Å². The maximum atomic E-state index is 14.0. The number of aliphatic hydroxyl groups is 1. The zero-order valence-electron chi connectivity index (χ0n) is 12.7. The monoisotopic (exact) mass is 335 g/mol. The molecular weight excluding hydrogens is 317 g/mol. The number of amides is 1. The molecule has 1 aliphatic rings. The molecule has 1 unspecified atom stereocenters. The van der Waals surface area contributed by atoms with Crippen molar-refractivity contribution in [3.05, 3.63) is 52.0 Å². The van der Waals surface area contributed by atoms with Gasteiger partial charge < -0.3 is 15.2 Å². The van der Waals surface area contributed by atoms with E-state index in [-0.39, 0.29) is 29.7 Å². The second kappa shape index (κ2) is 6.68. The number of nitrogens with one attached hydrogen (secondary N) is 1. The molecule has 3 rings (SSSR count). The molecule has 0 aliphatic heterocycles. The SMILES string of the molecule is COc1ccc(C(NC(=O)c2ccsc2)C2CC(O)C2)cc1F. The van der Waals surface area contributed by atoms with Crippen LogP contribution in [0, 0.1) is 11.7 Å². The van der Waals surface area contributed by atoms with Crippen LogP contribution in [0.2, 0.25) is 0 Å². The molecule has 2 aromatic rings. The maximum Gasteiger partial charge on any atom is 0.252 e. The Labute approximate surface area is 137 Å². The molecule has 1 heterocycles. The highest BCUT2D eigenvalue weighted by molar-refractivity contribution is 7.08. The molecule has 1 aromatic heterocycles. The van der Waals surface area contributed by atoms with Gasteiger partial charge in [0.2, 0.25) is 0 Å². The van der Waals surface area contributed by atoms with Gasteiger partial charge in [0.15, 0.2) is 11.6 Å². The van der Waals surface area contributed by atoms with Crippen LogP contribution >= 0.6 is 11.3 Å². The van der Waals surface area contributed by atoms with Gasteiger partial charge in [0, 0.05) is 5.38 Å². The lowest BCUT2D eigenvalue weighted by Crippen LogP contribution is -2.41. The van der Waals surface area contributed by atoms with E-state index in [1.165, 1.54) is 24.5 Å². The number of hydrogen-bond donors (Lipinski definition) is 2. The lowest BCUT2D eigenvalue weighted by Gasteiger charge is -2.38. The Balaban J connectivity index is 1.83. The third-order valence-corrected chi connectivity index (χ3v) is 4.91. The molecule has 122 valence electrons. The van der Waals surface area contributed by atoms with Crippen LogP contribution in [0.25, 0.3) is 0 Å². The summed E-state index contributed by atoms with van der Waals surface area (Å²) in [7, 11) is 1.41. The van der Waals surface area contributed by atoms with Crippen molar-refractivity contribution in [2.24, 2.45) is 5.92 Å². The minimum atomic E-state index is -0.459. The normalized spacial score (nSPS) is 21.3. The van der Waals surface area contributed by atoms with Gasteiger partial charge in [-0.25, -0.2) is 4.39 Å². The van der Waals surface area contributed by atoms with Crippen molar-refractivity contribution in [2.75, 3.05) is 7.11 Å². The number of carbonyl (C=O) groups excluding carboxylic acids is 1. The molecule has 1 aliphatic carbocycles. The maximum absolute atomic E-state index is 14.0. The van der Waals surface area contributed by atoms with Crippen molar-refractivity contribution in [1.82, 2.24) is 5.32 Å². The molecule has 2 N–H and O–H groups in total. The van der Waals surface area contributed by atoms with Crippen LogP contribution in [0.15, 0.2) is 35.0 Å². The minimum absolute atomic E-state index is 0.0976. The number of halogens is 1. The van der Waals surface area contributed by atoms with E-state index in [9.17, 15) is 14.3 Å². The van der Waals surface area contributed by atoms with E-state index < -0.39 is 5.82 Å². The zero-order valence-corrected chi connectivity index (χ0v) is 13.5. The molecule has 0 spiro atoms. The van der Waals surface area contributed by atoms with Gasteiger partial charge >= 0.3 is 0 Å². The fourth-order valence-corrected chi connectivity index (χ4v) is 3.51. The lowest BCUT2D eigenvalue weighted by molar-refractivity contribution is 0.0235. The summed E-state index contributed by atoms with van der Waals surface area (Å²) in [6.45, 7) is 0. The summed E-state index contributed by atoms with van der Waals surface area (Å²) in [6.07, 6.45) is 0.855. The van der Waals surface area contributed by atoms with Crippen LogP contribution in [-0.2, 0) is 0 Å². The highest BCUT2D eigenvalue weighted by atomic mass is 32.1. The molecule has 0 radical (unpaired) electrons. The second-order valence-electron chi connectivity index (χ2n) is 5.74. The van der Waals surface area contributed by atoms with Crippen molar-refractivity contribution in [3.63, 3.8) is 0 Å². The van der Waals surface area contributed by atoms with E-state index in [4.69, 9.17) is 4.74 Å². The Bertz CT molecular complexity index is 683. The summed E-state index contributed by atoms with van der Waals surface area (Å²) in [4.78, 5) is 12.3. The molecule has 1 fully saturated rings. The number of carbonyl (C=O) groups is 1. The third kappa shape index (κ3) is 3.38. The quantitative estimate of drug-likeness (QED) is 0.882. The first-order valence-corrected chi connectivity index (χ1v) is 8.37. The standard InChI is InChI=1S/C17H18FNO3S/c1-22-15-3-2-10(8-14(15)18)16(12-6-13(20)7-12)19-17(21)11-4-5-23-9-11/h2-5,8-9,12-13,16,20H,6-7H2,1H3,(H,19,21). The first-order chi connectivity index (χ1) is 11.1. The number of thiophene rings is 1. The largest absolute Gasteiger partial charge is 0.494 e. The van der Waals surface area contributed by atoms with Gasteiger partial charge in [-0.2, -0.15) is 11.3 Å². The summed E-state index contributed by atoms with van der Waals surface area (Å²) in [5, 5.41) is 16.1. The van der Waals surface area contributed by atoms with Gasteiger partial charge in [0.25, 0.3) is 5.91 Å². The molecule has 1 saturated carbocycles. The predicted octanol–water partition coefficient (Wildman–Crippen LogP) is 3.14. The van der Waals surface area contributed by atoms with Gasteiger partial charge in [-0.3, -0.25) is 4.79 Å². The van der Waals surface area contributed by atoms with Crippen LogP contribution in [0.5, 0.6) is 5.75 Å². The van der Waals surface area contributed by atoms with Crippen molar-refractivity contribution in [1.29, 1.82) is 0 Å². The highest BCUT2D eigenvalue weighted by Crippen LogP contribution is 2.39. The van der Waals surface area contributed by atoms with E-state index in [1.54, 1.807) is 23.6 Å². The first kappa shape index (κ1) is 16.0. The molecule has 0 saturated heterocycles. The third-order valence-electron chi connectivity index (χ3n) is 4.23. The number of benzene rings is 1. The smallest absolute Gasteiger partial charge is 0.252 e. The van der Waals surface area contributed by atoms with E-state index >= 15 is 0 Å². The van der Waals surface area contributed by atoms with Gasteiger partial charge in [-0.05, 0) is 47.9 Å². The Morgan fingerprint density at radius 3 is 2.78 bits per heavy atom. The van der Waals surface area contributed by atoms with Crippen molar-refractivity contribution in [2.45, 2.75) is 25.0 Å². The lowest BCUT2D eigenvalue weighted by atomic mass is 9.75. The van der Waals surface area contributed by atoms with Crippen LogP contribution in [0.4, 0.5) is 4.39 Å². The Morgan fingerprint density at radius 1 is 1.43 bits per heavy atom. The fraction of sp³-hybridized carbons (Fsp3) is 0.353. The highest BCUT2D eigenvalue weighted by Gasteiger charge is 2.36. The molecule has 6 heteroatoms. The van der Waals surface area contributed by atoms with Crippen LogP contribution in [0.3, 0.4) is 0 Å². The molecule has 1 amide bonds. The van der Waals surface area contributed by atoms with Crippen molar-refractivity contribution < 1.29 is 19.0 Å². The van der Waals surface area contributed by atoms with Gasteiger partial charge in [-0.1, -0.05) is 6.07 Å². The number of hydrogen-bond acceptors (Lipinski definition) is 4. The number of rotatable bonds is 5. The van der Waals surface area contributed by atoms with E-state index in [0.29, 0.717) is 24.0 Å². The Kier molecular flexibility index (Phi) is 4.63. The summed E-state index contributed by atoms with van der Waals surface area (Å²) >= 11 is 1.45. The minimum Gasteiger partial charge on any atom is -0.494 e. The number of ether oxygens (including phenoxy) is 1. The van der Waals surface area contributed by atoms with Crippen LogP contribution in [-0.4, -0.2) is 24.2 Å². The molecule has 1 aromatic carbocycles. The molecular formula is C17H18FNO3S. The average molecular weight is 335 g/mol. The Hall–Kier alpha value is -1.92. The van der Waals surface area contributed by atoms with Crippen LogP contribution in [0.1, 0.15) is 34.8 Å². The van der Waals surface area contributed by atoms with Gasteiger partial charge in [-0.15, -0.1) is 0 Å². The molecule has 1 atom stereocenters. The van der Waals surface area contributed by atoms with E-state index in [0.717, 1.165) is 0 Å². The van der Waals surface area contributed by atoms with E-state index in [1.807, 2.05) is 5.38 Å². The summed E-state index contributed by atoms with van der Waals surface area (Å²) < 4.78 is 18.9. The molecule has 4 nitrogen and oxygen atoms in total. The summed E-state index contributed by atoms with van der Waals surface area (Å²) in [5.74, 6) is -0.376. The number of methoxy groups -OCH3 is 1. The fourth-order valence-electron chi connectivity index (χ4n) is 2.87. The first-order valence-electron chi connectivity index (χ1n) is 7.43. The average Bonchev–Trinajstić information content (AvgIpc) is 3.04.